The van der Waals surface area contributed by atoms with Crippen molar-refractivity contribution >= 4 is 34.9 Å². The molecule has 0 saturated heterocycles. The number of carbonyl (C=O) groups excluding carboxylic acids is 1. The van der Waals surface area contributed by atoms with Crippen molar-refractivity contribution in [2.24, 2.45) is 5.16 Å². The molecule has 0 bridgehead atoms. The van der Waals surface area contributed by atoms with E-state index in [-0.39, 0.29) is 6.54 Å². The van der Waals surface area contributed by atoms with E-state index in [1.807, 2.05) is 0 Å². The van der Waals surface area contributed by atoms with E-state index in [9.17, 15) is 4.79 Å². The summed E-state index contributed by atoms with van der Waals surface area (Å²) in [4.78, 5) is 21.1. The molecule has 3 rings (SSSR count). The van der Waals surface area contributed by atoms with Gasteiger partial charge in [0, 0.05) is 15.6 Å². The van der Waals surface area contributed by atoms with Crippen molar-refractivity contribution in [1.29, 1.82) is 0 Å². The SMILES string of the molecule is O=C(ON=C(Cn1cncn1)c1ccc(Cl)cc1)c1ccc(Cl)cc1. The molecular weight excluding hydrogens is 363 g/mol. The van der Waals surface area contributed by atoms with Crippen LogP contribution in [0.4, 0.5) is 0 Å². The first-order valence-electron chi connectivity index (χ1n) is 7.24. The molecule has 25 heavy (non-hydrogen) atoms. The van der Waals surface area contributed by atoms with Crippen molar-refractivity contribution < 1.29 is 9.63 Å². The number of rotatable bonds is 5. The molecule has 0 aliphatic rings. The molecule has 0 aliphatic heterocycles. The van der Waals surface area contributed by atoms with Crippen LogP contribution in [0.3, 0.4) is 0 Å². The van der Waals surface area contributed by atoms with Crippen molar-refractivity contribution in [3.05, 3.63) is 82.4 Å². The zero-order valence-electron chi connectivity index (χ0n) is 12.8. The minimum Gasteiger partial charge on any atom is -0.312 e. The average molecular weight is 375 g/mol. The highest BCUT2D eigenvalue weighted by Crippen LogP contribution is 2.13. The quantitative estimate of drug-likeness (QED) is 0.386. The standard InChI is InChI=1S/C17H12Cl2N4O2/c18-14-5-1-12(2-6-14)16(9-23-11-20-10-21-23)22-25-17(24)13-3-7-15(19)8-4-13/h1-8,10-11H,9H2. The van der Waals surface area contributed by atoms with Crippen molar-refractivity contribution in [2.45, 2.75) is 6.54 Å². The average Bonchev–Trinajstić information content (AvgIpc) is 3.13. The molecule has 2 aromatic carbocycles. The van der Waals surface area contributed by atoms with Crippen LogP contribution in [0, 0.1) is 0 Å². The highest BCUT2D eigenvalue weighted by molar-refractivity contribution is 6.31. The highest BCUT2D eigenvalue weighted by Gasteiger charge is 2.11. The van der Waals surface area contributed by atoms with Gasteiger partial charge in [-0.3, -0.25) is 0 Å². The molecule has 0 radical (unpaired) electrons. The van der Waals surface area contributed by atoms with Crippen molar-refractivity contribution in [2.75, 3.05) is 0 Å². The van der Waals surface area contributed by atoms with Gasteiger partial charge in [-0.25, -0.2) is 14.5 Å². The summed E-state index contributed by atoms with van der Waals surface area (Å²) in [5, 5.41) is 9.17. The molecule has 0 spiro atoms. The Morgan fingerprint density at radius 1 is 1.00 bits per heavy atom. The van der Waals surface area contributed by atoms with E-state index in [0.717, 1.165) is 5.56 Å². The van der Waals surface area contributed by atoms with Gasteiger partial charge in [0.15, 0.2) is 0 Å². The monoisotopic (exact) mass is 374 g/mol. The van der Waals surface area contributed by atoms with Crippen LogP contribution < -0.4 is 0 Å². The number of oxime groups is 1. The molecular formula is C17H12Cl2N4O2. The summed E-state index contributed by atoms with van der Waals surface area (Å²) in [5.74, 6) is -0.582. The molecule has 126 valence electrons. The normalized spacial score (nSPS) is 11.4. The lowest BCUT2D eigenvalue weighted by Gasteiger charge is -2.07. The van der Waals surface area contributed by atoms with E-state index in [2.05, 4.69) is 15.2 Å². The molecule has 1 heterocycles. The second-order valence-electron chi connectivity index (χ2n) is 5.02. The second kappa shape index (κ2) is 7.92. The Hall–Kier alpha value is -2.70. The summed E-state index contributed by atoms with van der Waals surface area (Å²) in [6.07, 6.45) is 2.96. The van der Waals surface area contributed by atoms with Crippen LogP contribution in [-0.4, -0.2) is 26.4 Å². The molecule has 0 fully saturated rings. The Morgan fingerprint density at radius 3 is 2.16 bits per heavy atom. The number of nitrogens with zero attached hydrogens (tertiary/aromatic N) is 4. The zero-order valence-corrected chi connectivity index (χ0v) is 14.4. The highest BCUT2D eigenvalue weighted by atomic mass is 35.5. The molecule has 0 amide bonds. The van der Waals surface area contributed by atoms with Gasteiger partial charge in [0.05, 0.1) is 12.1 Å². The first-order chi connectivity index (χ1) is 12.1. The maximum absolute atomic E-state index is 12.1. The second-order valence-corrected chi connectivity index (χ2v) is 5.90. The lowest BCUT2D eigenvalue weighted by atomic mass is 10.1. The molecule has 0 unspecified atom stereocenters. The molecule has 0 saturated carbocycles. The summed E-state index contributed by atoms with van der Waals surface area (Å²) >= 11 is 11.7. The van der Waals surface area contributed by atoms with Crippen LogP contribution in [0.15, 0.2) is 66.3 Å². The fourth-order valence-corrected chi connectivity index (χ4v) is 2.27. The Morgan fingerprint density at radius 2 is 1.60 bits per heavy atom. The summed E-state index contributed by atoms with van der Waals surface area (Å²) in [5.41, 5.74) is 1.61. The Kier molecular flexibility index (Phi) is 5.42. The van der Waals surface area contributed by atoms with Gasteiger partial charge in [-0.05, 0) is 36.4 Å². The van der Waals surface area contributed by atoms with Crippen LogP contribution in [0.25, 0.3) is 0 Å². The van der Waals surface area contributed by atoms with Gasteiger partial charge in [0.1, 0.15) is 18.4 Å². The summed E-state index contributed by atoms with van der Waals surface area (Å²) < 4.78 is 1.57. The molecule has 0 atom stereocenters. The van der Waals surface area contributed by atoms with E-state index in [1.54, 1.807) is 59.5 Å². The first kappa shape index (κ1) is 17.1. The number of carbonyl (C=O) groups is 1. The lowest BCUT2D eigenvalue weighted by molar-refractivity contribution is 0.0515. The van der Waals surface area contributed by atoms with Crippen molar-refractivity contribution in [3.63, 3.8) is 0 Å². The smallest absolute Gasteiger partial charge is 0.312 e. The topological polar surface area (TPSA) is 69.4 Å². The van der Waals surface area contributed by atoms with Crippen LogP contribution >= 0.6 is 23.2 Å². The van der Waals surface area contributed by atoms with E-state index in [4.69, 9.17) is 28.0 Å². The molecule has 8 heteroatoms. The van der Waals surface area contributed by atoms with Crippen molar-refractivity contribution in [1.82, 2.24) is 14.8 Å². The number of hydrogen-bond acceptors (Lipinski definition) is 5. The van der Waals surface area contributed by atoms with Gasteiger partial charge >= 0.3 is 5.97 Å². The van der Waals surface area contributed by atoms with Crippen LogP contribution in [0.5, 0.6) is 0 Å². The predicted octanol–water partition coefficient (Wildman–Crippen LogP) is 3.85. The lowest BCUT2D eigenvalue weighted by Crippen LogP contribution is -2.14. The third-order valence-corrected chi connectivity index (χ3v) is 3.78. The molecule has 1 aromatic heterocycles. The van der Waals surface area contributed by atoms with Crippen LogP contribution in [-0.2, 0) is 11.4 Å². The van der Waals surface area contributed by atoms with Gasteiger partial charge in [0.2, 0.25) is 0 Å². The number of hydrogen-bond donors (Lipinski definition) is 0. The van der Waals surface area contributed by atoms with Crippen molar-refractivity contribution in [3.8, 4) is 0 Å². The van der Waals surface area contributed by atoms with E-state index < -0.39 is 5.97 Å². The molecule has 0 aliphatic carbocycles. The first-order valence-corrected chi connectivity index (χ1v) is 7.99. The van der Waals surface area contributed by atoms with Gasteiger partial charge in [0.25, 0.3) is 0 Å². The maximum atomic E-state index is 12.1. The summed E-state index contributed by atoms with van der Waals surface area (Å²) in [6.45, 7) is 0.287. The Bertz CT molecular complexity index is 876. The van der Waals surface area contributed by atoms with Gasteiger partial charge < -0.3 is 4.84 Å². The maximum Gasteiger partial charge on any atom is 0.365 e. The number of aromatic nitrogens is 3. The molecule has 3 aromatic rings. The molecule has 6 nitrogen and oxygen atoms in total. The number of benzene rings is 2. The molecule has 0 N–H and O–H groups in total. The van der Waals surface area contributed by atoms with Gasteiger partial charge in [-0.2, -0.15) is 5.10 Å². The van der Waals surface area contributed by atoms with Gasteiger partial charge in [-0.15, -0.1) is 0 Å². The van der Waals surface area contributed by atoms with Crippen LogP contribution in [0.1, 0.15) is 15.9 Å². The predicted molar refractivity (Wildman–Crippen MR) is 94.9 cm³/mol. The minimum atomic E-state index is -0.582. The Balaban J connectivity index is 1.82. The van der Waals surface area contributed by atoms with Gasteiger partial charge in [-0.1, -0.05) is 40.5 Å². The fraction of sp³-hybridized carbons (Fsp3) is 0.0588. The number of halogens is 2. The van der Waals surface area contributed by atoms with E-state index in [1.165, 1.54) is 6.33 Å². The van der Waals surface area contributed by atoms with E-state index >= 15 is 0 Å². The fourth-order valence-electron chi connectivity index (χ4n) is 2.02. The Labute approximate surface area is 153 Å². The van der Waals surface area contributed by atoms with Crippen LogP contribution in [0.2, 0.25) is 10.0 Å². The third-order valence-electron chi connectivity index (χ3n) is 3.27. The van der Waals surface area contributed by atoms with E-state index in [0.29, 0.717) is 21.3 Å². The third kappa shape index (κ3) is 4.65. The summed E-state index contributed by atoms with van der Waals surface area (Å²) in [6, 6.07) is 13.4. The largest absolute Gasteiger partial charge is 0.365 e. The zero-order chi connectivity index (χ0) is 17.6. The summed E-state index contributed by atoms with van der Waals surface area (Å²) in [7, 11) is 0. The minimum absolute atomic E-state index is 0.287.